The second-order valence-corrected chi connectivity index (χ2v) is 5.96. The van der Waals surface area contributed by atoms with Crippen molar-refractivity contribution in [2.75, 3.05) is 0 Å². The van der Waals surface area contributed by atoms with Gasteiger partial charge in [-0.2, -0.15) is 0 Å². The van der Waals surface area contributed by atoms with Crippen LogP contribution in [0.1, 0.15) is 0 Å². The van der Waals surface area contributed by atoms with E-state index in [1.165, 1.54) is 0 Å². The standard InChI is InChI=1S/C11H4Cl4IN/c12-7-1-5(2-8(13)10(7)14)6-3-9(16)11(15)17-4-6/h1-4H. The molecule has 2 rings (SSSR count). The Morgan fingerprint density at radius 2 is 1.47 bits per heavy atom. The van der Waals surface area contributed by atoms with Crippen molar-refractivity contribution in [3.8, 4) is 11.1 Å². The topological polar surface area (TPSA) is 12.9 Å². The van der Waals surface area contributed by atoms with Crippen LogP contribution in [0.15, 0.2) is 24.4 Å². The van der Waals surface area contributed by atoms with Crippen LogP contribution in [0.5, 0.6) is 0 Å². The number of hydrogen-bond acceptors (Lipinski definition) is 1. The van der Waals surface area contributed by atoms with E-state index >= 15 is 0 Å². The summed E-state index contributed by atoms with van der Waals surface area (Å²) >= 11 is 25.8. The van der Waals surface area contributed by atoms with Gasteiger partial charge in [-0.1, -0.05) is 46.4 Å². The third-order valence-electron chi connectivity index (χ3n) is 2.11. The second-order valence-electron chi connectivity index (χ2n) is 3.25. The Labute approximate surface area is 132 Å². The Hall–Kier alpha value is 0.260. The minimum absolute atomic E-state index is 0.355. The third kappa shape index (κ3) is 2.99. The van der Waals surface area contributed by atoms with Crippen molar-refractivity contribution in [3.05, 3.63) is 48.2 Å². The van der Waals surface area contributed by atoms with Crippen LogP contribution in [0.3, 0.4) is 0 Å². The average Bonchev–Trinajstić information content (AvgIpc) is 2.29. The summed E-state index contributed by atoms with van der Waals surface area (Å²) in [5.74, 6) is 0. The number of benzene rings is 1. The Kier molecular flexibility index (Phi) is 4.42. The summed E-state index contributed by atoms with van der Waals surface area (Å²) in [6, 6.07) is 5.40. The summed E-state index contributed by atoms with van der Waals surface area (Å²) in [6.45, 7) is 0. The normalized spacial score (nSPS) is 10.6. The van der Waals surface area contributed by atoms with Crippen molar-refractivity contribution < 1.29 is 0 Å². The van der Waals surface area contributed by atoms with Crippen LogP contribution in [0.2, 0.25) is 20.2 Å². The van der Waals surface area contributed by atoms with E-state index in [0.717, 1.165) is 14.7 Å². The van der Waals surface area contributed by atoms with E-state index in [1.807, 2.05) is 6.07 Å². The van der Waals surface area contributed by atoms with Gasteiger partial charge in [-0.3, -0.25) is 0 Å². The van der Waals surface area contributed by atoms with Crippen LogP contribution in [0, 0.1) is 3.57 Å². The zero-order valence-electron chi connectivity index (χ0n) is 8.15. The van der Waals surface area contributed by atoms with E-state index in [1.54, 1.807) is 18.3 Å². The van der Waals surface area contributed by atoms with Crippen LogP contribution >= 0.6 is 69.0 Å². The highest BCUT2D eigenvalue weighted by Gasteiger charge is 2.09. The van der Waals surface area contributed by atoms with Crippen molar-refractivity contribution in [1.29, 1.82) is 0 Å². The minimum Gasteiger partial charge on any atom is -0.243 e. The van der Waals surface area contributed by atoms with E-state index in [4.69, 9.17) is 46.4 Å². The molecule has 0 aliphatic rings. The Balaban J connectivity index is 2.57. The highest BCUT2D eigenvalue weighted by Crippen LogP contribution is 2.35. The van der Waals surface area contributed by atoms with Gasteiger partial charge in [-0.15, -0.1) is 0 Å². The monoisotopic (exact) mass is 417 g/mol. The van der Waals surface area contributed by atoms with Gasteiger partial charge >= 0.3 is 0 Å². The molecule has 1 nitrogen and oxygen atoms in total. The van der Waals surface area contributed by atoms with E-state index in [0.29, 0.717) is 20.2 Å². The van der Waals surface area contributed by atoms with Gasteiger partial charge in [0.1, 0.15) is 5.15 Å². The third-order valence-corrected chi connectivity index (χ3v) is 4.75. The molecule has 6 heteroatoms. The fourth-order valence-corrected chi connectivity index (χ4v) is 2.48. The van der Waals surface area contributed by atoms with Crippen LogP contribution < -0.4 is 0 Å². The Morgan fingerprint density at radius 1 is 0.882 bits per heavy atom. The maximum absolute atomic E-state index is 5.98. The molecule has 0 spiro atoms. The van der Waals surface area contributed by atoms with Crippen LogP contribution in [-0.4, -0.2) is 4.98 Å². The molecule has 17 heavy (non-hydrogen) atoms. The molecule has 0 amide bonds. The first-order valence-electron chi connectivity index (χ1n) is 4.45. The van der Waals surface area contributed by atoms with Gasteiger partial charge in [0.2, 0.25) is 0 Å². The minimum atomic E-state index is 0.355. The summed E-state index contributed by atoms with van der Waals surface area (Å²) in [5, 5.41) is 1.66. The molecule has 0 aliphatic heterocycles. The quantitative estimate of drug-likeness (QED) is 0.316. The molecular formula is C11H4Cl4IN. The molecule has 0 saturated carbocycles. The predicted octanol–water partition coefficient (Wildman–Crippen LogP) is 5.97. The zero-order chi connectivity index (χ0) is 12.6. The molecule has 0 radical (unpaired) electrons. The van der Waals surface area contributed by atoms with Crippen LogP contribution in [-0.2, 0) is 0 Å². The van der Waals surface area contributed by atoms with Gasteiger partial charge < -0.3 is 0 Å². The maximum atomic E-state index is 5.98. The molecule has 1 aromatic carbocycles. The van der Waals surface area contributed by atoms with E-state index < -0.39 is 0 Å². The molecule has 0 aliphatic carbocycles. The van der Waals surface area contributed by atoms with E-state index in [2.05, 4.69) is 27.6 Å². The van der Waals surface area contributed by atoms with Crippen molar-refractivity contribution in [2.24, 2.45) is 0 Å². The number of halogens is 5. The first-order chi connectivity index (χ1) is 7.99. The summed E-state index contributed by atoms with van der Waals surface area (Å²) in [7, 11) is 0. The first kappa shape index (κ1) is 13.7. The molecule has 0 saturated heterocycles. The van der Waals surface area contributed by atoms with Gasteiger partial charge in [-0.25, -0.2) is 4.98 Å². The number of pyridine rings is 1. The summed E-state index contributed by atoms with van der Waals surface area (Å²) in [5.41, 5.74) is 1.74. The lowest BCUT2D eigenvalue weighted by molar-refractivity contribution is 1.31. The van der Waals surface area contributed by atoms with Gasteiger partial charge in [0.15, 0.2) is 0 Å². The molecule has 0 atom stereocenters. The first-order valence-corrected chi connectivity index (χ1v) is 7.04. The molecule has 2 aromatic rings. The smallest absolute Gasteiger partial charge is 0.142 e. The molecule has 0 fully saturated rings. The summed E-state index contributed by atoms with van der Waals surface area (Å²) < 4.78 is 0.865. The SMILES string of the molecule is Clc1cc(-c2cnc(Cl)c(I)c2)cc(Cl)c1Cl. The number of rotatable bonds is 1. The van der Waals surface area contributed by atoms with Gasteiger partial charge in [-0.05, 0) is 46.4 Å². The number of hydrogen-bond donors (Lipinski definition) is 0. The second kappa shape index (κ2) is 5.49. The van der Waals surface area contributed by atoms with Gasteiger partial charge in [0.25, 0.3) is 0 Å². The zero-order valence-corrected chi connectivity index (χ0v) is 13.3. The fourth-order valence-electron chi connectivity index (χ4n) is 1.30. The van der Waals surface area contributed by atoms with Crippen LogP contribution in [0.4, 0.5) is 0 Å². The molecule has 0 unspecified atom stereocenters. The summed E-state index contributed by atoms with van der Waals surface area (Å²) in [4.78, 5) is 4.08. The lowest BCUT2D eigenvalue weighted by Gasteiger charge is -2.06. The van der Waals surface area contributed by atoms with Gasteiger partial charge in [0, 0.05) is 11.8 Å². The Bertz CT molecular complexity index is 563. The molecular weight excluding hydrogens is 415 g/mol. The maximum Gasteiger partial charge on any atom is 0.142 e. The van der Waals surface area contributed by atoms with E-state index in [9.17, 15) is 0 Å². The molecule has 1 aromatic heterocycles. The molecule has 0 bridgehead atoms. The lowest BCUT2D eigenvalue weighted by atomic mass is 10.1. The Morgan fingerprint density at radius 3 is 2.00 bits per heavy atom. The largest absolute Gasteiger partial charge is 0.243 e. The number of nitrogens with zero attached hydrogens (tertiary/aromatic N) is 1. The molecule has 88 valence electrons. The molecule has 0 N–H and O–H groups in total. The number of aromatic nitrogens is 1. The highest BCUT2D eigenvalue weighted by atomic mass is 127. The van der Waals surface area contributed by atoms with Crippen molar-refractivity contribution in [2.45, 2.75) is 0 Å². The molecule has 1 heterocycles. The van der Waals surface area contributed by atoms with Crippen molar-refractivity contribution >= 4 is 69.0 Å². The van der Waals surface area contributed by atoms with Gasteiger partial charge in [0.05, 0.1) is 18.6 Å². The van der Waals surface area contributed by atoms with E-state index in [-0.39, 0.29) is 0 Å². The van der Waals surface area contributed by atoms with Crippen LogP contribution in [0.25, 0.3) is 11.1 Å². The average molecular weight is 419 g/mol. The lowest BCUT2D eigenvalue weighted by Crippen LogP contribution is -1.85. The fraction of sp³-hybridized carbons (Fsp3) is 0. The van der Waals surface area contributed by atoms with Crippen molar-refractivity contribution in [1.82, 2.24) is 4.98 Å². The summed E-state index contributed by atoms with van der Waals surface area (Å²) in [6.07, 6.45) is 1.67. The van der Waals surface area contributed by atoms with Crippen molar-refractivity contribution in [3.63, 3.8) is 0 Å². The predicted molar refractivity (Wildman–Crippen MR) is 82.4 cm³/mol. The highest BCUT2D eigenvalue weighted by molar-refractivity contribution is 14.1.